The molecule has 0 radical (unpaired) electrons. The van der Waals surface area contributed by atoms with Crippen molar-refractivity contribution in [1.29, 1.82) is 0 Å². The van der Waals surface area contributed by atoms with Gasteiger partial charge >= 0.3 is 11.9 Å². The monoisotopic (exact) mass is 211 g/mol. The quantitative estimate of drug-likeness (QED) is 0.365. The molecule has 0 aromatic heterocycles. The molecule has 0 aliphatic carbocycles. The Kier molecular flexibility index (Phi) is 11.1. The first-order valence-electron chi connectivity index (χ1n) is 3.29. The van der Waals surface area contributed by atoms with Gasteiger partial charge in [0.05, 0.1) is 13.1 Å². The van der Waals surface area contributed by atoms with Crippen LogP contribution in [0.3, 0.4) is 0 Å². The molecule has 1 atom stereocenters. The zero-order valence-corrected chi connectivity index (χ0v) is 8.01. The molecule has 0 aromatic carbocycles. The molecule has 0 rings (SSSR count). The van der Waals surface area contributed by atoms with Crippen LogP contribution in [0.5, 0.6) is 0 Å². The molecule has 0 aliphatic rings. The summed E-state index contributed by atoms with van der Waals surface area (Å²) in [6.07, 6.45) is -1.07. The summed E-state index contributed by atoms with van der Waals surface area (Å²) in [5.74, 6) is -2.34. The lowest BCUT2D eigenvalue weighted by Crippen LogP contribution is -2.40. The minimum atomic E-state index is -1.17. The van der Waals surface area contributed by atoms with Crippen molar-refractivity contribution in [3.8, 4) is 0 Å². The smallest absolute Gasteiger partial charge is 0.317 e. The number of hydrogen-bond acceptors (Lipinski definition) is 6. The van der Waals surface area contributed by atoms with E-state index < -0.39 is 31.3 Å². The first-order chi connectivity index (χ1) is 5.43. The molecule has 1 unspecified atom stereocenters. The zero-order chi connectivity index (χ0) is 9.72. The van der Waals surface area contributed by atoms with Crippen molar-refractivity contribution in [3.63, 3.8) is 0 Å². The molecule has 0 bridgehead atoms. The number of carbonyl (C=O) groups is 2. The van der Waals surface area contributed by atoms with Gasteiger partial charge in [-0.2, -0.15) is 0 Å². The van der Waals surface area contributed by atoms with Gasteiger partial charge in [-0.1, -0.05) is 0 Å². The van der Waals surface area contributed by atoms with Crippen molar-refractivity contribution in [1.82, 2.24) is 17.2 Å². The Morgan fingerprint density at radius 1 is 1.14 bits per heavy atom. The number of aliphatic carboxylic acids is 2. The molecule has 9 N–H and O–H groups in total. The van der Waals surface area contributed by atoms with Crippen LogP contribution in [0.1, 0.15) is 6.92 Å². The fourth-order valence-corrected chi connectivity index (χ4v) is 0.668. The Morgan fingerprint density at radius 2 is 1.43 bits per heavy atom. The van der Waals surface area contributed by atoms with E-state index >= 15 is 0 Å². The van der Waals surface area contributed by atoms with Gasteiger partial charge in [-0.3, -0.25) is 14.5 Å². The molecule has 0 spiro atoms. The molecule has 14 heavy (non-hydrogen) atoms. The largest absolute Gasteiger partial charge is 0.480 e. The summed E-state index contributed by atoms with van der Waals surface area (Å²) in [4.78, 5) is 21.2. The van der Waals surface area contributed by atoms with Gasteiger partial charge in [-0.25, -0.2) is 0 Å². The lowest BCUT2D eigenvalue weighted by atomic mass is 10.4. The summed E-state index contributed by atoms with van der Waals surface area (Å²) in [5.41, 5.74) is 0. The number of rotatable bonds is 5. The number of carboxylic acids is 2. The molecule has 0 aromatic rings. The van der Waals surface area contributed by atoms with Crippen molar-refractivity contribution in [2.24, 2.45) is 0 Å². The van der Waals surface area contributed by atoms with E-state index in [9.17, 15) is 9.59 Å². The third-order valence-electron chi connectivity index (χ3n) is 1.21. The third kappa shape index (κ3) is 8.87. The molecule has 0 heterocycles. The topological polar surface area (TPSA) is 168 Å². The van der Waals surface area contributed by atoms with E-state index in [0.717, 1.165) is 4.90 Å². The van der Waals surface area contributed by atoms with E-state index in [2.05, 4.69) is 0 Å². The predicted molar refractivity (Wildman–Crippen MR) is 48.6 cm³/mol. The highest BCUT2D eigenvalue weighted by Crippen LogP contribution is 1.94. The van der Waals surface area contributed by atoms with Crippen LogP contribution < -0.4 is 12.3 Å². The van der Waals surface area contributed by atoms with Gasteiger partial charge in [0.25, 0.3) is 0 Å². The van der Waals surface area contributed by atoms with Crippen molar-refractivity contribution in [2.75, 3.05) is 13.1 Å². The first-order valence-corrected chi connectivity index (χ1v) is 3.29. The lowest BCUT2D eigenvalue weighted by Gasteiger charge is -2.20. The highest BCUT2D eigenvalue weighted by Gasteiger charge is 2.17. The van der Waals surface area contributed by atoms with Crippen LogP contribution in [0.4, 0.5) is 0 Å². The summed E-state index contributed by atoms with van der Waals surface area (Å²) in [7, 11) is 0. The molecule has 8 nitrogen and oxygen atoms in total. The second-order valence-corrected chi connectivity index (χ2v) is 2.32. The predicted octanol–water partition coefficient (Wildman–Crippen LogP) is -0.880. The molecular formula is C6H17N3O5. The zero-order valence-electron chi connectivity index (χ0n) is 8.01. The van der Waals surface area contributed by atoms with Crippen LogP contribution in [0.25, 0.3) is 0 Å². The normalized spacial score (nSPS) is 11.1. The van der Waals surface area contributed by atoms with Gasteiger partial charge in [-0.05, 0) is 6.92 Å². The van der Waals surface area contributed by atoms with Gasteiger partial charge in [0.15, 0.2) is 0 Å². The van der Waals surface area contributed by atoms with Crippen LogP contribution >= 0.6 is 0 Å². The fourth-order valence-electron chi connectivity index (χ4n) is 0.668. The minimum Gasteiger partial charge on any atom is -0.480 e. The molecule has 0 amide bonds. The van der Waals surface area contributed by atoms with Crippen molar-refractivity contribution in [2.45, 2.75) is 13.2 Å². The number of aliphatic hydroxyl groups excluding tert-OH is 1. The van der Waals surface area contributed by atoms with Crippen LogP contribution in [-0.2, 0) is 9.59 Å². The fraction of sp³-hybridized carbons (Fsp3) is 0.667. The first kappa shape index (κ1) is 18.5. The summed E-state index contributed by atoms with van der Waals surface area (Å²) >= 11 is 0. The van der Waals surface area contributed by atoms with E-state index in [0.29, 0.717) is 0 Å². The van der Waals surface area contributed by atoms with Gasteiger partial charge in [-0.15, -0.1) is 0 Å². The second kappa shape index (κ2) is 8.38. The van der Waals surface area contributed by atoms with E-state index in [4.69, 9.17) is 15.3 Å². The van der Waals surface area contributed by atoms with Crippen LogP contribution in [0, 0.1) is 0 Å². The second-order valence-electron chi connectivity index (χ2n) is 2.32. The number of nitrogens with zero attached hydrogens (tertiary/aromatic N) is 1. The van der Waals surface area contributed by atoms with E-state index in [1.54, 1.807) is 0 Å². The van der Waals surface area contributed by atoms with E-state index in [-0.39, 0.29) is 12.3 Å². The molecule has 0 saturated heterocycles. The van der Waals surface area contributed by atoms with Crippen molar-refractivity contribution < 1.29 is 24.9 Å². The maximum Gasteiger partial charge on any atom is 0.317 e. The van der Waals surface area contributed by atoms with E-state index in [1.807, 2.05) is 0 Å². The van der Waals surface area contributed by atoms with Gasteiger partial charge in [0.2, 0.25) is 0 Å². The standard InChI is InChI=1S/C6H11NO5.2H3N/c1-4(8)7(2-5(9)10)3-6(11)12;;/h4,8H,2-3H2,1H3,(H,9,10)(H,11,12);2*1H3. The Bertz CT molecular complexity index is 168. The van der Waals surface area contributed by atoms with Crippen LogP contribution in [0.15, 0.2) is 0 Å². The molecular weight excluding hydrogens is 194 g/mol. The molecule has 8 heteroatoms. The van der Waals surface area contributed by atoms with Gasteiger partial charge in [0, 0.05) is 0 Å². The average molecular weight is 211 g/mol. The highest BCUT2D eigenvalue weighted by molar-refractivity contribution is 5.72. The summed E-state index contributed by atoms with van der Waals surface area (Å²) in [6.45, 7) is 0.347. The number of aliphatic hydroxyl groups is 1. The summed E-state index contributed by atoms with van der Waals surface area (Å²) in [5, 5.41) is 25.5. The molecule has 86 valence electrons. The maximum absolute atomic E-state index is 10.1. The van der Waals surface area contributed by atoms with Crippen molar-refractivity contribution >= 4 is 11.9 Å². The Labute approximate surface area is 81.3 Å². The maximum atomic E-state index is 10.1. The van der Waals surface area contributed by atoms with Crippen LogP contribution in [0.2, 0.25) is 0 Å². The minimum absolute atomic E-state index is 0. The number of hydrogen-bond donors (Lipinski definition) is 5. The molecule has 0 saturated carbocycles. The van der Waals surface area contributed by atoms with Gasteiger partial charge < -0.3 is 27.6 Å². The Morgan fingerprint density at radius 3 is 1.57 bits per heavy atom. The van der Waals surface area contributed by atoms with Gasteiger partial charge in [0.1, 0.15) is 6.23 Å². The van der Waals surface area contributed by atoms with E-state index in [1.165, 1.54) is 6.92 Å². The number of carboxylic acid groups (broad SMARTS) is 2. The molecule has 0 aliphatic heterocycles. The summed E-state index contributed by atoms with van der Waals surface area (Å²) in [6, 6.07) is 0. The summed E-state index contributed by atoms with van der Waals surface area (Å²) < 4.78 is 0. The third-order valence-corrected chi connectivity index (χ3v) is 1.21. The molecule has 0 fully saturated rings. The average Bonchev–Trinajstić information content (AvgIpc) is 1.83. The Hall–Kier alpha value is -1.22. The Balaban J connectivity index is -0.000000605. The SMILES string of the molecule is CC(O)N(CC(=O)O)CC(=O)O.N.N. The highest BCUT2D eigenvalue weighted by atomic mass is 16.4. The lowest BCUT2D eigenvalue weighted by molar-refractivity contribution is -0.146. The van der Waals surface area contributed by atoms with Crippen LogP contribution in [-0.4, -0.2) is 51.5 Å². The van der Waals surface area contributed by atoms with Crippen molar-refractivity contribution in [3.05, 3.63) is 0 Å².